The van der Waals surface area contributed by atoms with Crippen LogP contribution in [-0.2, 0) is 26.0 Å². The van der Waals surface area contributed by atoms with Gasteiger partial charge in [-0.3, -0.25) is 0 Å². The van der Waals surface area contributed by atoms with Gasteiger partial charge >= 0.3 is 6.09 Å². The Hall–Kier alpha value is -3.99. The van der Waals surface area contributed by atoms with E-state index in [1.807, 2.05) is 45.0 Å². The number of carbonyl (C=O) groups excluding carboxylic acids is 1. The molecule has 2 N–H and O–H groups in total. The van der Waals surface area contributed by atoms with E-state index in [9.17, 15) is 13.2 Å². The molecule has 1 amide bonds. The minimum absolute atomic E-state index is 0.240. The summed E-state index contributed by atoms with van der Waals surface area (Å²) in [5, 5.41) is 3.75. The van der Waals surface area contributed by atoms with E-state index in [0.717, 1.165) is 16.8 Å². The van der Waals surface area contributed by atoms with Crippen molar-refractivity contribution in [3.63, 3.8) is 0 Å². The van der Waals surface area contributed by atoms with Crippen molar-refractivity contribution in [2.75, 3.05) is 12.8 Å². The summed E-state index contributed by atoms with van der Waals surface area (Å²) in [6, 6.07) is 14.3. The molecule has 4 rings (SSSR count). The minimum Gasteiger partial charge on any atom is -0.444 e. The van der Waals surface area contributed by atoms with E-state index < -0.39 is 26.8 Å². The summed E-state index contributed by atoms with van der Waals surface area (Å²) in [5.74, 6) is 0.240. The summed E-state index contributed by atoms with van der Waals surface area (Å²) in [4.78, 5) is 28.7. The molecule has 0 spiro atoms. The number of ether oxygens (including phenoxy) is 1. The molecule has 3 aromatic rings. The van der Waals surface area contributed by atoms with Crippen LogP contribution in [0.5, 0.6) is 0 Å². The molecule has 11 heteroatoms. The average Bonchev–Trinajstić information content (AvgIpc) is 3.38. The Morgan fingerprint density at radius 3 is 2.33 bits per heavy atom. The average molecular weight is 566 g/mol. The Morgan fingerprint density at radius 1 is 1.10 bits per heavy atom. The van der Waals surface area contributed by atoms with Crippen molar-refractivity contribution in [1.82, 2.24) is 14.9 Å². The summed E-state index contributed by atoms with van der Waals surface area (Å²) >= 11 is 0. The molecule has 2 heterocycles. The first kappa shape index (κ1) is 29.0. The molecule has 1 aromatic heterocycles. The number of nitrogens with zero attached hydrogens (tertiary/aromatic N) is 4. The molecular formula is C29H35N5O5S. The van der Waals surface area contributed by atoms with Crippen LogP contribution in [0.4, 0.5) is 10.6 Å². The molecule has 2 aromatic carbocycles. The third kappa shape index (κ3) is 6.59. The summed E-state index contributed by atoms with van der Waals surface area (Å²) in [7, 11) is -1.67. The summed E-state index contributed by atoms with van der Waals surface area (Å²) in [5.41, 5.74) is 9.89. The monoisotopic (exact) mass is 565 g/mol. The highest BCUT2D eigenvalue weighted by molar-refractivity contribution is 7.92. The number of benzene rings is 2. The second-order valence-electron chi connectivity index (χ2n) is 11.0. The molecule has 0 bridgehead atoms. The summed E-state index contributed by atoms with van der Waals surface area (Å²) < 4.78 is 30.3. The van der Waals surface area contributed by atoms with Gasteiger partial charge in [-0.05, 0) is 57.9 Å². The van der Waals surface area contributed by atoms with Gasteiger partial charge in [-0.1, -0.05) is 41.6 Å². The molecule has 10 nitrogen and oxygen atoms in total. The number of amides is 1. The number of rotatable bonds is 7. The van der Waals surface area contributed by atoms with Crippen molar-refractivity contribution in [3.8, 4) is 11.3 Å². The van der Waals surface area contributed by atoms with Crippen LogP contribution in [0.3, 0.4) is 0 Å². The quantitative estimate of drug-likeness (QED) is 0.416. The van der Waals surface area contributed by atoms with Crippen LogP contribution < -0.4 is 5.73 Å². The zero-order chi connectivity index (χ0) is 29.2. The number of oxime groups is 1. The van der Waals surface area contributed by atoms with Gasteiger partial charge in [0.05, 0.1) is 27.7 Å². The lowest BCUT2D eigenvalue weighted by molar-refractivity contribution is 0.0285. The molecule has 1 atom stereocenters. The van der Waals surface area contributed by atoms with Gasteiger partial charge < -0.3 is 20.2 Å². The van der Waals surface area contributed by atoms with E-state index in [1.54, 1.807) is 51.4 Å². The van der Waals surface area contributed by atoms with E-state index in [-0.39, 0.29) is 16.8 Å². The second kappa shape index (κ2) is 11.2. The SMILES string of the molecule is CC(C)S(=O)(=O)c1ccc(-c2cnc(N)c(C3CC(c4ccc(CN(C)C(=O)OC(C)(C)C)cc4)=NO3)n2)cc1. The largest absolute Gasteiger partial charge is 0.444 e. The number of nitrogen functional groups attached to an aromatic ring is 1. The number of anilines is 1. The summed E-state index contributed by atoms with van der Waals surface area (Å²) in [6.07, 6.45) is 1.10. The van der Waals surface area contributed by atoms with E-state index in [0.29, 0.717) is 29.9 Å². The molecule has 1 aliphatic heterocycles. The first-order chi connectivity index (χ1) is 18.7. The zero-order valence-electron chi connectivity index (χ0n) is 23.6. The maximum Gasteiger partial charge on any atom is 0.410 e. The Balaban J connectivity index is 1.44. The number of carbonyl (C=O) groups is 1. The van der Waals surface area contributed by atoms with Gasteiger partial charge in [0.1, 0.15) is 17.1 Å². The molecule has 1 aliphatic rings. The third-order valence-corrected chi connectivity index (χ3v) is 8.48. The fraction of sp³-hybridized carbons (Fsp3) is 0.379. The first-order valence-corrected chi connectivity index (χ1v) is 14.5. The number of aromatic nitrogens is 2. The van der Waals surface area contributed by atoms with Crippen LogP contribution in [0.1, 0.15) is 64.0 Å². The van der Waals surface area contributed by atoms with Crippen molar-refractivity contribution in [2.24, 2.45) is 5.16 Å². The van der Waals surface area contributed by atoms with Crippen LogP contribution in [0.25, 0.3) is 11.3 Å². The van der Waals surface area contributed by atoms with Gasteiger partial charge in [-0.15, -0.1) is 0 Å². The highest BCUT2D eigenvalue weighted by atomic mass is 32.2. The van der Waals surface area contributed by atoms with Gasteiger partial charge in [-0.25, -0.2) is 23.2 Å². The molecule has 0 aliphatic carbocycles. The Labute approximate surface area is 235 Å². The van der Waals surface area contributed by atoms with Gasteiger partial charge in [-0.2, -0.15) is 0 Å². The predicted octanol–water partition coefficient (Wildman–Crippen LogP) is 5.14. The third-order valence-electron chi connectivity index (χ3n) is 6.31. The normalized spacial score (nSPS) is 15.5. The van der Waals surface area contributed by atoms with Crippen LogP contribution in [0, 0.1) is 0 Å². The van der Waals surface area contributed by atoms with Crippen molar-refractivity contribution in [1.29, 1.82) is 0 Å². The molecule has 40 heavy (non-hydrogen) atoms. The van der Waals surface area contributed by atoms with Crippen LogP contribution >= 0.6 is 0 Å². The van der Waals surface area contributed by atoms with Crippen molar-refractivity contribution >= 4 is 27.5 Å². The highest BCUT2D eigenvalue weighted by Gasteiger charge is 2.28. The number of hydrogen-bond acceptors (Lipinski definition) is 9. The van der Waals surface area contributed by atoms with Crippen LogP contribution in [0.15, 0.2) is 64.8 Å². The molecule has 0 radical (unpaired) electrons. The topological polar surface area (TPSA) is 137 Å². The fourth-order valence-electron chi connectivity index (χ4n) is 4.05. The van der Waals surface area contributed by atoms with E-state index in [4.69, 9.17) is 15.3 Å². The van der Waals surface area contributed by atoms with E-state index >= 15 is 0 Å². The molecule has 212 valence electrons. The number of sulfone groups is 1. The minimum atomic E-state index is -3.37. The van der Waals surface area contributed by atoms with Crippen molar-refractivity contribution in [3.05, 3.63) is 71.5 Å². The van der Waals surface area contributed by atoms with Gasteiger partial charge in [0.2, 0.25) is 0 Å². The highest BCUT2D eigenvalue weighted by Crippen LogP contribution is 2.32. The fourth-order valence-corrected chi connectivity index (χ4v) is 5.11. The molecule has 0 saturated carbocycles. The summed E-state index contributed by atoms with van der Waals surface area (Å²) in [6.45, 7) is 9.21. The molecular weight excluding hydrogens is 530 g/mol. The zero-order valence-corrected chi connectivity index (χ0v) is 24.4. The standard InChI is InChI=1S/C29H35N5O5S/c1-18(2)40(36,37)22-13-11-21(12-14-22)24-16-31-27(30)26(32-24)25-15-23(33-39-25)20-9-7-19(8-10-20)17-34(6)28(35)38-29(3,4)5/h7-14,16,18,25H,15,17H2,1-6H3,(H2,30,31). The lowest BCUT2D eigenvalue weighted by atomic mass is 10.0. The van der Waals surface area contributed by atoms with E-state index in [2.05, 4.69) is 15.1 Å². The second-order valence-corrected chi connectivity index (χ2v) is 13.5. The Kier molecular flexibility index (Phi) is 8.15. The van der Waals surface area contributed by atoms with Crippen molar-refractivity contribution < 1.29 is 22.8 Å². The lowest BCUT2D eigenvalue weighted by Gasteiger charge is -2.24. The molecule has 1 unspecified atom stereocenters. The van der Waals surface area contributed by atoms with Crippen LogP contribution in [0.2, 0.25) is 0 Å². The van der Waals surface area contributed by atoms with E-state index in [1.165, 1.54) is 4.90 Å². The molecule has 0 saturated heterocycles. The maximum absolute atomic E-state index is 12.4. The smallest absolute Gasteiger partial charge is 0.410 e. The van der Waals surface area contributed by atoms with Crippen LogP contribution in [-0.4, -0.2) is 53.0 Å². The first-order valence-electron chi connectivity index (χ1n) is 13.0. The Bertz CT molecular complexity index is 1510. The number of hydrogen-bond donors (Lipinski definition) is 1. The lowest BCUT2D eigenvalue weighted by Crippen LogP contribution is -2.33. The van der Waals surface area contributed by atoms with Gasteiger partial charge in [0, 0.05) is 25.6 Å². The molecule has 0 fully saturated rings. The maximum atomic E-state index is 12.4. The Morgan fingerprint density at radius 2 is 1.73 bits per heavy atom. The number of nitrogens with two attached hydrogens (primary N) is 1. The predicted molar refractivity (Wildman–Crippen MR) is 153 cm³/mol. The van der Waals surface area contributed by atoms with Gasteiger partial charge in [0.25, 0.3) is 0 Å². The van der Waals surface area contributed by atoms with Gasteiger partial charge in [0.15, 0.2) is 15.9 Å². The van der Waals surface area contributed by atoms with Crippen molar-refractivity contribution in [2.45, 2.75) is 69.4 Å².